The van der Waals surface area contributed by atoms with Crippen LogP contribution in [0.3, 0.4) is 0 Å². The summed E-state index contributed by atoms with van der Waals surface area (Å²) in [6.07, 6.45) is 8.36. The quantitative estimate of drug-likeness (QED) is 0.701. The van der Waals surface area contributed by atoms with Crippen LogP contribution in [0.2, 0.25) is 0 Å². The molecule has 1 aliphatic heterocycles. The van der Waals surface area contributed by atoms with Crippen LogP contribution in [0.5, 0.6) is 0 Å². The zero-order valence-corrected chi connectivity index (χ0v) is 11.1. The minimum atomic E-state index is 0.137. The molecule has 1 atom stereocenters. The Bertz CT molecular complexity index is 233. The highest BCUT2D eigenvalue weighted by atomic mass is 16.5. The summed E-state index contributed by atoms with van der Waals surface area (Å²) in [6.45, 7) is 9.05. The van der Waals surface area contributed by atoms with Gasteiger partial charge in [-0.2, -0.15) is 0 Å². The van der Waals surface area contributed by atoms with Crippen molar-refractivity contribution in [2.75, 3.05) is 13.1 Å². The number of hydrogen-bond acceptors (Lipinski definition) is 2. The lowest BCUT2D eigenvalue weighted by atomic mass is 9.96. The fourth-order valence-corrected chi connectivity index (χ4v) is 2.86. The molecule has 2 nitrogen and oxygen atoms in total. The molecule has 1 heterocycles. The van der Waals surface area contributed by atoms with Gasteiger partial charge in [0.2, 0.25) is 0 Å². The van der Waals surface area contributed by atoms with Gasteiger partial charge in [-0.3, -0.25) is 0 Å². The molecule has 0 amide bonds. The Hall–Kier alpha value is -0.0800. The van der Waals surface area contributed by atoms with Crippen LogP contribution in [0.25, 0.3) is 0 Å². The Balaban J connectivity index is 1.73. The van der Waals surface area contributed by atoms with Crippen molar-refractivity contribution < 1.29 is 4.74 Å². The summed E-state index contributed by atoms with van der Waals surface area (Å²) in [6, 6.07) is 0. The minimum Gasteiger partial charge on any atom is -0.372 e. The van der Waals surface area contributed by atoms with E-state index in [2.05, 4.69) is 26.1 Å². The Labute approximate surface area is 100 Å². The Kier molecular flexibility index (Phi) is 3.60. The molecule has 1 aliphatic carbocycles. The van der Waals surface area contributed by atoms with E-state index >= 15 is 0 Å². The van der Waals surface area contributed by atoms with E-state index in [4.69, 9.17) is 4.74 Å². The van der Waals surface area contributed by atoms with Crippen molar-refractivity contribution >= 4 is 0 Å². The lowest BCUT2D eigenvalue weighted by Crippen LogP contribution is -2.29. The molecular weight excluding hydrogens is 198 g/mol. The van der Waals surface area contributed by atoms with Crippen molar-refractivity contribution in [3.05, 3.63) is 0 Å². The third-order valence-electron chi connectivity index (χ3n) is 4.10. The van der Waals surface area contributed by atoms with Crippen molar-refractivity contribution in [2.24, 2.45) is 5.41 Å². The predicted octanol–water partition coefficient (Wildman–Crippen LogP) is 3.11. The highest BCUT2D eigenvalue weighted by Gasteiger charge is 2.46. The summed E-state index contributed by atoms with van der Waals surface area (Å²) in [5.74, 6) is 0. The second-order valence-corrected chi connectivity index (χ2v) is 6.42. The lowest BCUT2D eigenvalue weighted by Gasteiger charge is -2.23. The van der Waals surface area contributed by atoms with E-state index in [1.807, 2.05) is 0 Å². The molecule has 0 aromatic rings. The van der Waals surface area contributed by atoms with E-state index in [-0.39, 0.29) is 5.60 Å². The van der Waals surface area contributed by atoms with Gasteiger partial charge in [0.25, 0.3) is 0 Å². The van der Waals surface area contributed by atoms with Gasteiger partial charge >= 0.3 is 0 Å². The van der Waals surface area contributed by atoms with Crippen molar-refractivity contribution in [2.45, 2.75) is 71.0 Å². The minimum absolute atomic E-state index is 0.137. The van der Waals surface area contributed by atoms with Crippen molar-refractivity contribution in [1.82, 2.24) is 5.32 Å². The standard InChI is InChI=1S/C14H27NO/c1-4-9-15-11-14(7-8-14)10-12-5-6-13(2,3)16-12/h12,15H,4-11H2,1-3H3. The van der Waals surface area contributed by atoms with Crippen molar-refractivity contribution in [3.8, 4) is 0 Å². The molecule has 2 aliphatic rings. The van der Waals surface area contributed by atoms with Crippen LogP contribution >= 0.6 is 0 Å². The average Bonchev–Trinajstić information content (AvgIpc) is 2.87. The lowest BCUT2D eigenvalue weighted by molar-refractivity contribution is -0.0263. The predicted molar refractivity (Wildman–Crippen MR) is 67.6 cm³/mol. The molecule has 0 spiro atoms. The SMILES string of the molecule is CCCNCC1(CC2CCC(C)(C)O2)CC1. The van der Waals surface area contributed by atoms with Crippen molar-refractivity contribution in [1.29, 1.82) is 0 Å². The van der Waals surface area contributed by atoms with Crippen LogP contribution in [-0.2, 0) is 4.74 Å². The maximum Gasteiger partial charge on any atom is 0.0631 e. The number of nitrogens with one attached hydrogen (secondary N) is 1. The van der Waals surface area contributed by atoms with E-state index in [1.54, 1.807) is 0 Å². The molecule has 1 N–H and O–H groups in total. The zero-order chi connectivity index (χ0) is 11.6. The van der Waals surface area contributed by atoms with Crippen LogP contribution < -0.4 is 5.32 Å². The molecular formula is C14H27NO. The Morgan fingerprint density at radius 1 is 1.25 bits per heavy atom. The molecule has 1 saturated carbocycles. The molecule has 0 bridgehead atoms. The van der Waals surface area contributed by atoms with Crippen molar-refractivity contribution in [3.63, 3.8) is 0 Å². The van der Waals surface area contributed by atoms with E-state index in [1.165, 1.54) is 51.6 Å². The second kappa shape index (κ2) is 4.66. The highest BCUT2D eigenvalue weighted by molar-refractivity contribution is 4.98. The fourth-order valence-electron chi connectivity index (χ4n) is 2.86. The summed E-state index contributed by atoms with van der Waals surface area (Å²) in [7, 11) is 0. The van der Waals surface area contributed by atoms with Crippen LogP contribution in [0.4, 0.5) is 0 Å². The molecule has 2 heteroatoms. The normalized spacial score (nSPS) is 30.6. The van der Waals surface area contributed by atoms with Gasteiger partial charge in [-0.1, -0.05) is 6.92 Å². The molecule has 0 radical (unpaired) electrons. The van der Waals surface area contributed by atoms with Gasteiger partial charge in [0.05, 0.1) is 11.7 Å². The summed E-state index contributed by atoms with van der Waals surface area (Å²) in [4.78, 5) is 0. The van der Waals surface area contributed by atoms with Gasteiger partial charge in [-0.05, 0) is 64.3 Å². The zero-order valence-electron chi connectivity index (χ0n) is 11.1. The maximum absolute atomic E-state index is 6.10. The van der Waals surface area contributed by atoms with Gasteiger partial charge in [0, 0.05) is 6.54 Å². The third kappa shape index (κ3) is 3.21. The first-order chi connectivity index (χ1) is 7.55. The highest BCUT2D eigenvalue weighted by Crippen LogP contribution is 2.51. The first-order valence-corrected chi connectivity index (χ1v) is 6.94. The largest absolute Gasteiger partial charge is 0.372 e. The van der Waals surface area contributed by atoms with Gasteiger partial charge in [-0.15, -0.1) is 0 Å². The summed E-state index contributed by atoms with van der Waals surface area (Å²) in [5, 5.41) is 3.58. The number of ether oxygens (including phenoxy) is 1. The van der Waals surface area contributed by atoms with E-state index in [9.17, 15) is 0 Å². The molecule has 16 heavy (non-hydrogen) atoms. The van der Waals surface area contributed by atoms with Gasteiger partial charge in [-0.25, -0.2) is 0 Å². The smallest absolute Gasteiger partial charge is 0.0631 e. The molecule has 2 rings (SSSR count). The Morgan fingerprint density at radius 2 is 2.00 bits per heavy atom. The summed E-state index contributed by atoms with van der Waals surface area (Å²) >= 11 is 0. The molecule has 1 unspecified atom stereocenters. The average molecular weight is 225 g/mol. The van der Waals surface area contributed by atoms with Gasteiger partial charge < -0.3 is 10.1 Å². The monoisotopic (exact) mass is 225 g/mol. The first kappa shape index (κ1) is 12.4. The van der Waals surface area contributed by atoms with E-state index in [0.717, 1.165) is 0 Å². The number of hydrogen-bond donors (Lipinski definition) is 1. The molecule has 2 fully saturated rings. The molecule has 0 aromatic heterocycles. The summed E-state index contributed by atoms with van der Waals surface area (Å²) in [5.41, 5.74) is 0.734. The van der Waals surface area contributed by atoms with E-state index in [0.29, 0.717) is 11.5 Å². The van der Waals surface area contributed by atoms with Crippen LogP contribution in [-0.4, -0.2) is 24.8 Å². The topological polar surface area (TPSA) is 21.3 Å². The molecule has 0 aromatic carbocycles. The van der Waals surface area contributed by atoms with Crippen LogP contribution in [0.1, 0.15) is 59.3 Å². The summed E-state index contributed by atoms with van der Waals surface area (Å²) < 4.78 is 6.10. The fraction of sp³-hybridized carbons (Fsp3) is 1.00. The van der Waals surface area contributed by atoms with Crippen LogP contribution in [0.15, 0.2) is 0 Å². The van der Waals surface area contributed by atoms with Crippen LogP contribution in [0, 0.1) is 5.41 Å². The second-order valence-electron chi connectivity index (χ2n) is 6.42. The van der Waals surface area contributed by atoms with E-state index < -0.39 is 0 Å². The van der Waals surface area contributed by atoms with Gasteiger partial charge in [0.15, 0.2) is 0 Å². The Morgan fingerprint density at radius 3 is 2.50 bits per heavy atom. The van der Waals surface area contributed by atoms with Gasteiger partial charge in [0.1, 0.15) is 0 Å². The molecule has 94 valence electrons. The third-order valence-corrected chi connectivity index (χ3v) is 4.10. The number of rotatable bonds is 6. The maximum atomic E-state index is 6.10. The molecule has 1 saturated heterocycles. The first-order valence-electron chi connectivity index (χ1n) is 6.94.